The van der Waals surface area contributed by atoms with E-state index in [1.807, 2.05) is 0 Å². The van der Waals surface area contributed by atoms with Crippen LogP contribution in [0.25, 0.3) is 0 Å². The molecule has 0 spiro atoms. The molecule has 2 rings (SSSR count). The standard InChI is InChI=1S/C12H20N2O4/c1-12(2)14(11(16)17)9(8-18-12)10(15)13-6-4-3-5-7-13/h9H,3-8H2,1-2H3,(H,16,17)/t9-/m0/s1. The summed E-state index contributed by atoms with van der Waals surface area (Å²) >= 11 is 0. The number of hydrogen-bond acceptors (Lipinski definition) is 3. The van der Waals surface area contributed by atoms with Crippen molar-refractivity contribution in [3.8, 4) is 0 Å². The van der Waals surface area contributed by atoms with Crippen molar-refractivity contribution in [1.82, 2.24) is 9.80 Å². The van der Waals surface area contributed by atoms with Crippen LogP contribution in [0.1, 0.15) is 33.1 Å². The zero-order valence-electron chi connectivity index (χ0n) is 10.9. The molecule has 0 unspecified atom stereocenters. The van der Waals surface area contributed by atoms with E-state index in [-0.39, 0.29) is 12.5 Å². The second kappa shape index (κ2) is 4.76. The third-order valence-corrected chi connectivity index (χ3v) is 3.65. The number of hydrogen-bond donors (Lipinski definition) is 1. The summed E-state index contributed by atoms with van der Waals surface area (Å²) in [5.41, 5.74) is -0.929. The van der Waals surface area contributed by atoms with Crippen molar-refractivity contribution in [2.45, 2.75) is 44.9 Å². The molecular weight excluding hydrogens is 236 g/mol. The van der Waals surface area contributed by atoms with E-state index in [1.165, 1.54) is 0 Å². The number of likely N-dealkylation sites (tertiary alicyclic amines) is 1. The number of ether oxygens (including phenoxy) is 1. The summed E-state index contributed by atoms with van der Waals surface area (Å²) in [6, 6.07) is -0.699. The fraction of sp³-hybridized carbons (Fsp3) is 0.833. The Hall–Kier alpha value is -1.30. The van der Waals surface area contributed by atoms with Gasteiger partial charge in [0.25, 0.3) is 0 Å². The molecule has 0 aliphatic carbocycles. The van der Waals surface area contributed by atoms with Crippen molar-refractivity contribution in [3.63, 3.8) is 0 Å². The zero-order valence-corrected chi connectivity index (χ0v) is 10.9. The van der Waals surface area contributed by atoms with Crippen molar-refractivity contribution in [2.24, 2.45) is 0 Å². The van der Waals surface area contributed by atoms with Crippen LogP contribution in [0.2, 0.25) is 0 Å². The average molecular weight is 256 g/mol. The highest BCUT2D eigenvalue weighted by molar-refractivity contribution is 5.86. The lowest BCUT2D eigenvalue weighted by Gasteiger charge is -2.34. The summed E-state index contributed by atoms with van der Waals surface area (Å²) in [5.74, 6) is -0.123. The highest BCUT2D eigenvalue weighted by atomic mass is 16.5. The molecule has 0 saturated carbocycles. The van der Waals surface area contributed by atoms with E-state index in [9.17, 15) is 14.7 Å². The number of carbonyl (C=O) groups is 2. The lowest BCUT2D eigenvalue weighted by Crippen LogP contribution is -2.54. The molecule has 0 aromatic carbocycles. The molecule has 6 heteroatoms. The minimum atomic E-state index is -1.10. The van der Waals surface area contributed by atoms with Crippen molar-refractivity contribution in [3.05, 3.63) is 0 Å². The summed E-state index contributed by atoms with van der Waals surface area (Å²) in [6.07, 6.45) is 2.03. The van der Waals surface area contributed by atoms with E-state index < -0.39 is 17.9 Å². The molecule has 1 atom stereocenters. The second-order valence-electron chi connectivity index (χ2n) is 5.31. The highest BCUT2D eigenvalue weighted by Gasteiger charge is 2.48. The van der Waals surface area contributed by atoms with Gasteiger partial charge >= 0.3 is 6.09 Å². The first-order valence-electron chi connectivity index (χ1n) is 6.38. The van der Waals surface area contributed by atoms with Crippen LogP contribution < -0.4 is 0 Å². The van der Waals surface area contributed by atoms with Crippen LogP contribution in [0.4, 0.5) is 4.79 Å². The minimum absolute atomic E-state index is 0.123. The van der Waals surface area contributed by atoms with Gasteiger partial charge in [0.05, 0.1) is 6.61 Å². The third kappa shape index (κ3) is 2.29. The zero-order chi connectivity index (χ0) is 13.3. The maximum Gasteiger partial charge on any atom is 0.410 e. The Morgan fingerprint density at radius 3 is 2.39 bits per heavy atom. The van der Waals surface area contributed by atoms with E-state index in [1.54, 1.807) is 18.7 Å². The number of amides is 2. The summed E-state index contributed by atoms with van der Waals surface area (Å²) < 4.78 is 5.44. The number of piperidine rings is 1. The number of rotatable bonds is 1. The van der Waals surface area contributed by atoms with E-state index in [4.69, 9.17) is 4.74 Å². The molecule has 2 amide bonds. The van der Waals surface area contributed by atoms with Crippen LogP contribution in [0, 0.1) is 0 Å². The Labute approximate surface area is 106 Å². The maximum absolute atomic E-state index is 12.3. The molecule has 0 bridgehead atoms. The maximum atomic E-state index is 12.3. The molecule has 18 heavy (non-hydrogen) atoms. The first kappa shape index (κ1) is 13.1. The largest absolute Gasteiger partial charge is 0.465 e. The lowest BCUT2D eigenvalue weighted by molar-refractivity contribution is -0.137. The van der Waals surface area contributed by atoms with Gasteiger partial charge < -0.3 is 14.7 Å². The van der Waals surface area contributed by atoms with Crippen molar-refractivity contribution in [2.75, 3.05) is 19.7 Å². The second-order valence-corrected chi connectivity index (χ2v) is 5.31. The van der Waals surface area contributed by atoms with Gasteiger partial charge in [-0.15, -0.1) is 0 Å². The van der Waals surface area contributed by atoms with Crippen LogP contribution in [0.15, 0.2) is 0 Å². The van der Waals surface area contributed by atoms with Gasteiger partial charge in [-0.05, 0) is 33.1 Å². The Balaban J connectivity index is 2.12. The van der Waals surface area contributed by atoms with Crippen LogP contribution in [0.5, 0.6) is 0 Å². The topological polar surface area (TPSA) is 70.1 Å². The third-order valence-electron chi connectivity index (χ3n) is 3.65. The molecule has 1 N–H and O–H groups in total. The Bertz CT molecular complexity index is 350. The van der Waals surface area contributed by atoms with Gasteiger partial charge in [-0.1, -0.05) is 0 Å². The van der Waals surface area contributed by atoms with Crippen molar-refractivity contribution >= 4 is 12.0 Å². The summed E-state index contributed by atoms with van der Waals surface area (Å²) in [4.78, 5) is 26.5. The summed E-state index contributed by atoms with van der Waals surface area (Å²) in [6.45, 7) is 4.94. The molecule has 0 radical (unpaired) electrons. The lowest BCUT2D eigenvalue weighted by atomic mass is 10.1. The molecule has 2 saturated heterocycles. The smallest absolute Gasteiger partial charge is 0.410 e. The SMILES string of the molecule is CC1(C)OC[C@@H](C(=O)N2CCCCC2)N1C(=O)O. The molecular formula is C12H20N2O4. The molecule has 2 fully saturated rings. The fourth-order valence-electron chi connectivity index (χ4n) is 2.67. The summed E-state index contributed by atoms with van der Waals surface area (Å²) in [7, 11) is 0. The average Bonchev–Trinajstić information content (AvgIpc) is 2.65. The fourth-order valence-corrected chi connectivity index (χ4v) is 2.67. The van der Waals surface area contributed by atoms with Gasteiger partial charge in [0.2, 0.25) is 5.91 Å². The van der Waals surface area contributed by atoms with Gasteiger partial charge in [-0.3, -0.25) is 9.69 Å². The number of carbonyl (C=O) groups excluding carboxylic acids is 1. The molecule has 0 aromatic rings. The molecule has 6 nitrogen and oxygen atoms in total. The predicted molar refractivity (Wildman–Crippen MR) is 64.1 cm³/mol. The molecule has 102 valence electrons. The van der Waals surface area contributed by atoms with E-state index >= 15 is 0 Å². The van der Waals surface area contributed by atoms with Crippen LogP contribution >= 0.6 is 0 Å². The van der Waals surface area contributed by atoms with Crippen molar-refractivity contribution < 1.29 is 19.4 Å². The minimum Gasteiger partial charge on any atom is -0.465 e. The first-order chi connectivity index (χ1) is 8.43. The van der Waals surface area contributed by atoms with Gasteiger partial charge in [0.15, 0.2) is 0 Å². The van der Waals surface area contributed by atoms with Gasteiger partial charge in [-0.2, -0.15) is 0 Å². The Morgan fingerprint density at radius 2 is 1.83 bits per heavy atom. The van der Waals surface area contributed by atoms with Crippen LogP contribution in [0.3, 0.4) is 0 Å². The molecule has 0 aromatic heterocycles. The van der Waals surface area contributed by atoms with Crippen LogP contribution in [-0.4, -0.2) is 58.4 Å². The number of carboxylic acid groups (broad SMARTS) is 1. The normalized spacial score (nSPS) is 27.3. The van der Waals surface area contributed by atoms with Crippen molar-refractivity contribution in [1.29, 1.82) is 0 Å². The van der Waals surface area contributed by atoms with E-state index in [0.717, 1.165) is 37.3 Å². The highest BCUT2D eigenvalue weighted by Crippen LogP contribution is 2.28. The summed E-state index contributed by atoms with van der Waals surface area (Å²) in [5, 5.41) is 9.24. The number of nitrogens with zero attached hydrogens (tertiary/aromatic N) is 2. The Morgan fingerprint density at radius 1 is 1.22 bits per heavy atom. The quantitative estimate of drug-likeness (QED) is 0.763. The monoisotopic (exact) mass is 256 g/mol. The van der Waals surface area contributed by atoms with Gasteiger partial charge in [0, 0.05) is 13.1 Å². The molecule has 2 aliphatic heterocycles. The predicted octanol–water partition coefficient (Wildman–Crippen LogP) is 1.11. The van der Waals surface area contributed by atoms with Gasteiger partial charge in [-0.25, -0.2) is 4.79 Å². The Kier molecular flexibility index (Phi) is 3.47. The van der Waals surface area contributed by atoms with E-state index in [0.29, 0.717) is 0 Å². The van der Waals surface area contributed by atoms with E-state index in [2.05, 4.69) is 0 Å². The van der Waals surface area contributed by atoms with Crippen LogP contribution in [-0.2, 0) is 9.53 Å². The first-order valence-corrected chi connectivity index (χ1v) is 6.38. The molecule has 2 heterocycles. The molecule has 2 aliphatic rings. The van der Waals surface area contributed by atoms with Gasteiger partial charge in [0.1, 0.15) is 11.8 Å².